The number of carbonyl (C=O) groups is 3. The number of hydrogen-bond acceptors (Lipinski definition) is 4. The van der Waals surface area contributed by atoms with Crippen molar-refractivity contribution < 1.29 is 34.8 Å². The van der Waals surface area contributed by atoms with Gasteiger partial charge in [0.2, 0.25) is 0 Å². The number of hydrogen-bond donors (Lipinski definition) is 4. The van der Waals surface area contributed by atoms with Gasteiger partial charge in [-0.1, -0.05) is 26.0 Å². The molecule has 0 unspecified atom stereocenters. The number of carboxylic acid groups (broad SMARTS) is 3. The van der Waals surface area contributed by atoms with E-state index in [1.807, 2.05) is 6.92 Å². The molecule has 7 nitrogen and oxygen atoms in total. The molecule has 0 amide bonds. The number of fused-ring (bicyclic) bond motifs is 7. The minimum absolute atomic E-state index is 0.000663. The van der Waals surface area contributed by atoms with Crippen molar-refractivity contribution in [3.63, 3.8) is 0 Å². The van der Waals surface area contributed by atoms with E-state index in [0.717, 1.165) is 18.4 Å². The van der Waals surface area contributed by atoms with E-state index in [1.165, 1.54) is 0 Å². The van der Waals surface area contributed by atoms with E-state index < -0.39 is 51.1 Å². The van der Waals surface area contributed by atoms with Crippen molar-refractivity contribution in [2.45, 2.75) is 98.0 Å². The lowest BCUT2D eigenvalue weighted by Crippen LogP contribution is -2.70. The molecule has 206 valence electrons. The zero-order valence-electron chi connectivity index (χ0n) is 22.8. The van der Waals surface area contributed by atoms with Gasteiger partial charge in [-0.3, -0.25) is 14.4 Å². The van der Waals surface area contributed by atoms with Gasteiger partial charge in [0.15, 0.2) is 0 Å². The molecule has 0 spiro atoms. The Hall–Kier alpha value is -1.89. The van der Waals surface area contributed by atoms with Crippen LogP contribution in [0.3, 0.4) is 0 Å². The molecule has 5 aliphatic carbocycles. The molecule has 0 radical (unpaired) electrons. The van der Waals surface area contributed by atoms with Gasteiger partial charge < -0.3 is 20.4 Å². The highest BCUT2D eigenvalue weighted by molar-refractivity contribution is 5.81. The maximum Gasteiger partial charge on any atom is 0.312 e. The fourth-order valence-corrected chi connectivity index (χ4v) is 11.6. The molecule has 5 aliphatic rings. The van der Waals surface area contributed by atoms with Crippen LogP contribution in [0, 0.1) is 56.7 Å². The fourth-order valence-electron chi connectivity index (χ4n) is 11.6. The Morgan fingerprint density at radius 1 is 0.757 bits per heavy atom. The highest BCUT2D eigenvalue weighted by Crippen LogP contribution is 2.77. The second-order valence-corrected chi connectivity index (χ2v) is 14.1. The van der Waals surface area contributed by atoms with Crippen LogP contribution >= 0.6 is 0 Å². The second kappa shape index (κ2) is 8.06. The Bertz CT molecular complexity index is 1050. The molecule has 37 heavy (non-hydrogen) atoms. The smallest absolute Gasteiger partial charge is 0.312 e. The van der Waals surface area contributed by atoms with Crippen LogP contribution < -0.4 is 0 Å². The van der Waals surface area contributed by atoms with Crippen molar-refractivity contribution in [1.82, 2.24) is 0 Å². The highest BCUT2D eigenvalue weighted by Gasteiger charge is 2.76. The number of carboxylic acids is 3. The van der Waals surface area contributed by atoms with E-state index in [1.54, 1.807) is 6.92 Å². The molecule has 0 saturated heterocycles. The molecular weight excluding hydrogens is 472 g/mol. The first-order valence-corrected chi connectivity index (χ1v) is 14.2. The molecule has 0 bridgehead atoms. The van der Waals surface area contributed by atoms with Crippen molar-refractivity contribution in [1.29, 1.82) is 0 Å². The van der Waals surface area contributed by atoms with Gasteiger partial charge >= 0.3 is 17.9 Å². The highest BCUT2D eigenvalue weighted by atomic mass is 16.4. The summed E-state index contributed by atoms with van der Waals surface area (Å²) in [4.78, 5) is 38.9. The average Bonchev–Trinajstić information content (AvgIpc) is 3.23. The van der Waals surface area contributed by atoms with Gasteiger partial charge in [0.25, 0.3) is 0 Å². The Balaban J connectivity index is 1.64. The SMILES string of the molecule is C=C(C)[C@@H]1CC[C@]2(C(=O)O)CC[C@]3(C(=O)O)[C@@H](CC[C@@H]4[C@]5(C)CC[C@H](O)[C@@](C)(C(=O)O)[C@@H]5CC[C@@]43C)[C@H]12. The molecule has 0 aromatic carbocycles. The van der Waals surface area contributed by atoms with Crippen LogP contribution in [0.25, 0.3) is 0 Å². The van der Waals surface area contributed by atoms with Crippen LogP contribution in [0.1, 0.15) is 91.9 Å². The summed E-state index contributed by atoms with van der Waals surface area (Å²) in [5.41, 5.74) is -3.24. The van der Waals surface area contributed by atoms with Crippen LogP contribution in [0.4, 0.5) is 0 Å². The minimum atomic E-state index is -1.26. The Morgan fingerprint density at radius 2 is 1.43 bits per heavy atom. The third-order valence-corrected chi connectivity index (χ3v) is 13.4. The lowest BCUT2D eigenvalue weighted by atomic mass is 9.31. The van der Waals surface area contributed by atoms with Crippen molar-refractivity contribution >= 4 is 17.9 Å². The second-order valence-electron chi connectivity index (χ2n) is 14.1. The molecule has 0 aromatic heterocycles. The summed E-state index contributed by atoms with van der Waals surface area (Å²) in [6.45, 7) is 12.1. The zero-order chi connectivity index (χ0) is 27.3. The van der Waals surface area contributed by atoms with Gasteiger partial charge in [0.05, 0.1) is 22.3 Å². The molecule has 5 rings (SSSR count). The zero-order valence-corrected chi connectivity index (χ0v) is 22.8. The Morgan fingerprint density at radius 3 is 2.00 bits per heavy atom. The monoisotopic (exact) mass is 516 g/mol. The number of allylic oxidation sites excluding steroid dienone is 1. The molecule has 0 aromatic rings. The predicted octanol–water partition coefficient (Wildman–Crippen LogP) is 5.22. The van der Waals surface area contributed by atoms with Crippen LogP contribution in [-0.4, -0.2) is 44.4 Å². The summed E-state index contributed by atoms with van der Waals surface area (Å²) >= 11 is 0. The first-order chi connectivity index (χ1) is 17.1. The number of aliphatic hydroxyl groups excluding tert-OH is 1. The van der Waals surface area contributed by atoms with E-state index in [4.69, 9.17) is 0 Å². The van der Waals surface area contributed by atoms with E-state index >= 15 is 0 Å². The summed E-state index contributed by atoms with van der Waals surface area (Å²) in [6.07, 6.45) is 4.75. The van der Waals surface area contributed by atoms with Gasteiger partial charge in [0, 0.05) is 0 Å². The summed E-state index contributed by atoms with van der Waals surface area (Å²) in [5, 5.41) is 42.7. The third-order valence-electron chi connectivity index (χ3n) is 13.4. The largest absolute Gasteiger partial charge is 0.481 e. The first kappa shape index (κ1) is 26.7. The van der Waals surface area contributed by atoms with Crippen molar-refractivity contribution in [2.75, 3.05) is 0 Å². The topological polar surface area (TPSA) is 132 Å². The average molecular weight is 517 g/mol. The lowest BCUT2D eigenvalue weighted by molar-refractivity contribution is -0.257. The van der Waals surface area contributed by atoms with E-state index in [2.05, 4.69) is 20.4 Å². The molecule has 5 saturated carbocycles. The van der Waals surface area contributed by atoms with Crippen molar-refractivity contribution in [2.24, 2.45) is 56.7 Å². The third kappa shape index (κ3) is 2.95. The summed E-state index contributed by atoms with van der Waals surface area (Å²) in [7, 11) is 0. The van der Waals surface area contributed by atoms with Crippen LogP contribution in [0.2, 0.25) is 0 Å². The van der Waals surface area contributed by atoms with Crippen LogP contribution in [-0.2, 0) is 14.4 Å². The standard InChI is InChI=1S/C30H44O7/c1-16(2)17-8-13-29(24(34)35)14-15-30(25(36)37)18(22(17)29)6-7-19-26(3)11-10-21(31)28(5,23(32)33)20(26)9-12-27(19,30)4/h17-22,31H,1,6-15H2,2-5H3,(H,32,33)(H,34,35)(H,36,37)/t17-,18-,19+,20+,21-,22-,26-,27-,28-,29-,30+/m0/s1. The molecule has 4 N–H and O–H groups in total. The molecule has 0 aliphatic heterocycles. The molecule has 0 heterocycles. The van der Waals surface area contributed by atoms with E-state index in [-0.39, 0.29) is 29.6 Å². The van der Waals surface area contributed by atoms with Gasteiger partial charge in [-0.15, -0.1) is 0 Å². The number of rotatable bonds is 4. The minimum Gasteiger partial charge on any atom is -0.481 e. The van der Waals surface area contributed by atoms with E-state index in [9.17, 15) is 34.8 Å². The fraction of sp³-hybridized carbons (Fsp3) is 0.833. The number of aliphatic hydroxyl groups is 1. The van der Waals surface area contributed by atoms with Crippen molar-refractivity contribution in [3.05, 3.63) is 12.2 Å². The number of aliphatic carboxylic acids is 3. The van der Waals surface area contributed by atoms with E-state index in [0.29, 0.717) is 51.4 Å². The van der Waals surface area contributed by atoms with Crippen molar-refractivity contribution in [3.8, 4) is 0 Å². The maximum atomic E-state index is 13.6. The quantitative estimate of drug-likeness (QED) is 0.377. The van der Waals surface area contributed by atoms with Gasteiger partial charge in [0.1, 0.15) is 0 Å². The summed E-state index contributed by atoms with van der Waals surface area (Å²) in [6, 6.07) is 0. The van der Waals surface area contributed by atoms with Crippen LogP contribution in [0.5, 0.6) is 0 Å². The molecule has 7 heteroatoms. The molecule has 5 fully saturated rings. The summed E-state index contributed by atoms with van der Waals surface area (Å²) in [5.74, 6) is -3.30. The molecular formula is C30H44O7. The van der Waals surface area contributed by atoms with Gasteiger partial charge in [-0.05, 0) is 118 Å². The lowest BCUT2D eigenvalue weighted by Gasteiger charge is -2.71. The van der Waals surface area contributed by atoms with Crippen LogP contribution in [0.15, 0.2) is 12.2 Å². The predicted molar refractivity (Wildman–Crippen MR) is 137 cm³/mol. The first-order valence-electron chi connectivity index (χ1n) is 14.2. The normalized spacial score (nSPS) is 52.7. The maximum absolute atomic E-state index is 13.6. The Labute approximate surface area is 219 Å². The Kier molecular flexibility index (Phi) is 5.82. The van der Waals surface area contributed by atoms with Gasteiger partial charge in [-0.25, -0.2) is 0 Å². The van der Waals surface area contributed by atoms with Gasteiger partial charge in [-0.2, -0.15) is 0 Å². The molecule has 11 atom stereocenters. The summed E-state index contributed by atoms with van der Waals surface area (Å²) < 4.78 is 0.